The average Bonchev–Trinajstić information content (AvgIpc) is 2.27. The van der Waals surface area contributed by atoms with Crippen LogP contribution in [-0.4, -0.2) is 54.5 Å². The van der Waals surface area contributed by atoms with Crippen LogP contribution in [0.4, 0.5) is 4.79 Å². The monoisotopic (exact) mass is 272 g/mol. The zero-order valence-corrected chi connectivity index (χ0v) is 12.6. The molecule has 3 atom stereocenters. The molecule has 0 aromatic heterocycles. The van der Waals surface area contributed by atoms with Crippen molar-refractivity contribution in [3.8, 4) is 0 Å². The summed E-state index contributed by atoms with van der Waals surface area (Å²) in [5.41, 5.74) is 0. The maximum atomic E-state index is 11.5. The Balaban J connectivity index is 2.56. The number of carbonyl (C=O) groups excluding carboxylic acids is 1. The number of piperidine rings is 1. The van der Waals surface area contributed by atoms with E-state index in [9.17, 15) is 9.90 Å². The number of amides is 1. The lowest BCUT2D eigenvalue weighted by molar-refractivity contribution is 0.0420. The predicted molar refractivity (Wildman–Crippen MR) is 75.0 cm³/mol. The van der Waals surface area contributed by atoms with Crippen molar-refractivity contribution in [1.29, 1.82) is 0 Å². The summed E-state index contributed by atoms with van der Waals surface area (Å²) < 4.78 is 4.93. The fraction of sp³-hybridized carbons (Fsp3) is 0.929. The summed E-state index contributed by atoms with van der Waals surface area (Å²) in [4.78, 5) is 13.8. The van der Waals surface area contributed by atoms with E-state index in [1.54, 1.807) is 6.92 Å². The van der Waals surface area contributed by atoms with Gasteiger partial charge in [0.1, 0.15) is 0 Å². The second-order valence-corrected chi connectivity index (χ2v) is 5.91. The van der Waals surface area contributed by atoms with Gasteiger partial charge in [-0.15, -0.1) is 0 Å². The number of nitrogens with one attached hydrogen (secondary N) is 1. The average molecular weight is 272 g/mol. The molecule has 0 radical (unpaired) electrons. The highest BCUT2D eigenvalue weighted by molar-refractivity contribution is 5.67. The molecule has 3 unspecified atom stereocenters. The van der Waals surface area contributed by atoms with E-state index in [0.717, 1.165) is 26.1 Å². The van der Waals surface area contributed by atoms with E-state index in [1.165, 1.54) is 0 Å². The highest BCUT2D eigenvalue weighted by Gasteiger charge is 2.31. The van der Waals surface area contributed by atoms with Gasteiger partial charge in [0.25, 0.3) is 0 Å². The number of likely N-dealkylation sites (tertiary alicyclic amines) is 1. The number of nitrogens with zero attached hydrogens (tertiary/aromatic N) is 1. The Kier molecular flexibility index (Phi) is 6.58. The number of aliphatic hydroxyl groups is 1. The molecule has 1 heterocycles. The predicted octanol–water partition coefficient (Wildman–Crippen LogP) is 1.46. The molecule has 112 valence electrons. The molecule has 0 bridgehead atoms. The van der Waals surface area contributed by atoms with Crippen molar-refractivity contribution >= 4 is 6.09 Å². The molecule has 0 saturated carbocycles. The molecule has 5 heteroatoms. The molecular weight excluding hydrogens is 244 g/mol. The Morgan fingerprint density at radius 1 is 1.42 bits per heavy atom. The van der Waals surface area contributed by atoms with E-state index in [4.69, 9.17) is 4.74 Å². The number of alkyl carbamates (subject to hydrolysis) is 1. The van der Waals surface area contributed by atoms with Gasteiger partial charge >= 0.3 is 6.09 Å². The van der Waals surface area contributed by atoms with Crippen LogP contribution in [0.1, 0.15) is 34.1 Å². The number of carbonyl (C=O) groups is 1. The lowest BCUT2D eigenvalue weighted by Gasteiger charge is -2.39. The minimum atomic E-state index is -0.358. The number of rotatable bonds is 5. The molecule has 2 N–H and O–H groups in total. The third-order valence-electron chi connectivity index (χ3n) is 3.46. The number of hydrogen-bond donors (Lipinski definition) is 2. The van der Waals surface area contributed by atoms with E-state index in [2.05, 4.69) is 24.1 Å². The zero-order valence-electron chi connectivity index (χ0n) is 12.6. The van der Waals surface area contributed by atoms with Gasteiger partial charge < -0.3 is 20.1 Å². The van der Waals surface area contributed by atoms with E-state index in [0.29, 0.717) is 12.5 Å². The van der Waals surface area contributed by atoms with Crippen molar-refractivity contribution in [2.75, 3.05) is 26.2 Å². The van der Waals surface area contributed by atoms with Gasteiger partial charge in [-0.1, -0.05) is 13.8 Å². The smallest absolute Gasteiger partial charge is 0.407 e. The van der Waals surface area contributed by atoms with E-state index < -0.39 is 0 Å². The zero-order chi connectivity index (χ0) is 14.4. The van der Waals surface area contributed by atoms with Gasteiger partial charge in [-0.25, -0.2) is 4.79 Å². The fourth-order valence-corrected chi connectivity index (χ4v) is 2.69. The van der Waals surface area contributed by atoms with Crippen LogP contribution in [0.2, 0.25) is 0 Å². The Hall–Kier alpha value is -0.810. The van der Waals surface area contributed by atoms with Crippen LogP contribution in [0.3, 0.4) is 0 Å². The molecule has 5 nitrogen and oxygen atoms in total. The molecule has 19 heavy (non-hydrogen) atoms. The maximum Gasteiger partial charge on any atom is 0.407 e. The maximum absolute atomic E-state index is 11.5. The SMILES string of the molecule is CCOC(=O)NC1CC(C(C)O)CN(CC(C)C)C1. The van der Waals surface area contributed by atoms with Crippen LogP contribution in [0.15, 0.2) is 0 Å². The Morgan fingerprint density at radius 2 is 2.11 bits per heavy atom. The van der Waals surface area contributed by atoms with Gasteiger partial charge in [0.05, 0.1) is 12.7 Å². The molecule has 0 aliphatic carbocycles. The molecule has 1 rings (SSSR count). The van der Waals surface area contributed by atoms with E-state index in [1.807, 2.05) is 6.92 Å². The second-order valence-electron chi connectivity index (χ2n) is 5.91. The molecule has 1 aliphatic heterocycles. The molecule has 1 amide bonds. The molecule has 1 saturated heterocycles. The highest BCUT2D eigenvalue weighted by Crippen LogP contribution is 2.21. The third-order valence-corrected chi connectivity index (χ3v) is 3.46. The summed E-state index contributed by atoms with van der Waals surface area (Å²) in [7, 11) is 0. The van der Waals surface area contributed by atoms with Crippen molar-refractivity contribution in [2.24, 2.45) is 11.8 Å². The summed E-state index contributed by atoms with van der Waals surface area (Å²) in [6.45, 7) is 11.1. The molecule has 0 spiro atoms. The molecular formula is C14H28N2O3. The van der Waals surface area contributed by atoms with Crippen molar-refractivity contribution in [1.82, 2.24) is 10.2 Å². The summed E-state index contributed by atoms with van der Waals surface area (Å²) in [5, 5.41) is 12.7. The number of ether oxygens (including phenoxy) is 1. The molecule has 0 aromatic rings. The standard InChI is InChI=1S/C14H28N2O3/c1-5-19-14(18)15-13-6-12(11(4)17)8-16(9-13)7-10(2)3/h10-13,17H,5-9H2,1-4H3,(H,15,18). The summed E-state index contributed by atoms with van der Waals surface area (Å²) in [5.74, 6) is 0.787. The normalized spacial score (nSPS) is 26.2. The van der Waals surface area contributed by atoms with Crippen LogP contribution >= 0.6 is 0 Å². The third kappa shape index (κ3) is 5.78. The van der Waals surface area contributed by atoms with Crippen molar-refractivity contribution in [3.05, 3.63) is 0 Å². The summed E-state index contributed by atoms with van der Waals surface area (Å²) in [6, 6.07) is 0.0612. The summed E-state index contributed by atoms with van der Waals surface area (Å²) >= 11 is 0. The van der Waals surface area contributed by atoms with Crippen molar-refractivity contribution in [2.45, 2.75) is 46.3 Å². The first-order valence-corrected chi connectivity index (χ1v) is 7.26. The largest absolute Gasteiger partial charge is 0.450 e. The summed E-state index contributed by atoms with van der Waals surface area (Å²) in [6.07, 6.45) is 0.107. The quantitative estimate of drug-likeness (QED) is 0.795. The van der Waals surface area contributed by atoms with E-state index in [-0.39, 0.29) is 24.2 Å². The minimum Gasteiger partial charge on any atom is -0.450 e. The Bertz CT molecular complexity index is 282. The highest BCUT2D eigenvalue weighted by atomic mass is 16.5. The van der Waals surface area contributed by atoms with Crippen molar-refractivity contribution < 1.29 is 14.6 Å². The molecule has 1 fully saturated rings. The number of hydrogen-bond acceptors (Lipinski definition) is 4. The van der Waals surface area contributed by atoms with Gasteiger partial charge in [0, 0.05) is 25.7 Å². The Morgan fingerprint density at radius 3 is 2.63 bits per heavy atom. The number of aliphatic hydroxyl groups excluding tert-OH is 1. The first-order chi connectivity index (χ1) is 8.92. The van der Waals surface area contributed by atoms with Gasteiger partial charge in [-0.3, -0.25) is 0 Å². The first-order valence-electron chi connectivity index (χ1n) is 7.26. The first kappa shape index (κ1) is 16.2. The lowest BCUT2D eigenvalue weighted by Crippen LogP contribution is -2.53. The molecule has 0 aromatic carbocycles. The van der Waals surface area contributed by atoms with Crippen LogP contribution in [0.5, 0.6) is 0 Å². The van der Waals surface area contributed by atoms with Crippen LogP contribution in [0, 0.1) is 11.8 Å². The van der Waals surface area contributed by atoms with Gasteiger partial charge in [-0.05, 0) is 32.1 Å². The second kappa shape index (κ2) is 7.70. The van der Waals surface area contributed by atoms with Crippen LogP contribution < -0.4 is 5.32 Å². The Labute approximate surface area is 116 Å². The van der Waals surface area contributed by atoms with Gasteiger partial charge in [-0.2, -0.15) is 0 Å². The topological polar surface area (TPSA) is 61.8 Å². The van der Waals surface area contributed by atoms with Crippen LogP contribution in [0.25, 0.3) is 0 Å². The van der Waals surface area contributed by atoms with E-state index >= 15 is 0 Å². The molecule has 1 aliphatic rings. The van der Waals surface area contributed by atoms with Crippen molar-refractivity contribution in [3.63, 3.8) is 0 Å². The minimum absolute atomic E-state index is 0.0612. The fourth-order valence-electron chi connectivity index (χ4n) is 2.69. The lowest BCUT2D eigenvalue weighted by atomic mass is 9.90. The van der Waals surface area contributed by atoms with Crippen LogP contribution in [-0.2, 0) is 4.74 Å². The van der Waals surface area contributed by atoms with Gasteiger partial charge in [0.15, 0.2) is 0 Å². The van der Waals surface area contributed by atoms with Gasteiger partial charge in [0.2, 0.25) is 0 Å².